The van der Waals surface area contributed by atoms with E-state index >= 15 is 0 Å². The van der Waals surface area contributed by atoms with Gasteiger partial charge >= 0.3 is 6.29 Å². The first-order valence-electron chi connectivity index (χ1n) is 3.40. The van der Waals surface area contributed by atoms with Crippen molar-refractivity contribution in [1.29, 1.82) is 0 Å². The first kappa shape index (κ1) is 9.11. The molecule has 13 heavy (non-hydrogen) atoms. The van der Waals surface area contributed by atoms with Crippen molar-refractivity contribution in [3.63, 3.8) is 0 Å². The molecule has 1 rings (SSSR count). The van der Waals surface area contributed by atoms with Gasteiger partial charge in [0.15, 0.2) is 10.7 Å². The number of nitrogens with zero attached hydrogens (tertiary/aromatic N) is 2. The number of benzene rings is 1. The van der Waals surface area contributed by atoms with Gasteiger partial charge in [0.25, 0.3) is 0 Å². The van der Waals surface area contributed by atoms with E-state index in [9.17, 15) is 9.81 Å². The molecule has 0 amide bonds. The van der Waals surface area contributed by atoms with E-state index in [4.69, 9.17) is 0 Å². The molecule has 0 spiro atoms. The topological polar surface area (TPSA) is 77.3 Å². The van der Waals surface area contributed by atoms with Crippen molar-refractivity contribution in [2.75, 3.05) is 0 Å². The first-order chi connectivity index (χ1) is 6.38. The smallest absolute Gasteiger partial charge is 0.311 e. The molecular formula is C7H6N2O4. The molecular weight excluding hydrogens is 176 g/mol. The Balaban J connectivity index is 2.75. The molecule has 0 aliphatic carbocycles. The van der Waals surface area contributed by atoms with E-state index in [1.54, 1.807) is 30.3 Å². The van der Waals surface area contributed by atoms with E-state index in [0.717, 1.165) is 0 Å². The molecule has 1 aromatic carbocycles. The molecule has 0 atom stereocenters. The van der Waals surface area contributed by atoms with Crippen LogP contribution in [0.15, 0.2) is 41.0 Å². The van der Waals surface area contributed by atoms with Gasteiger partial charge in [0, 0.05) is 5.56 Å². The standard InChI is InChI=1S/C7H6N2O4/c10-8-12-7(13-9-11)6-4-2-1-3-5-6/h1-5,7H. The van der Waals surface area contributed by atoms with Crippen molar-refractivity contribution in [2.45, 2.75) is 6.29 Å². The molecule has 0 saturated heterocycles. The van der Waals surface area contributed by atoms with Crippen LogP contribution in [0.1, 0.15) is 11.9 Å². The fourth-order valence-electron chi connectivity index (χ4n) is 0.829. The average Bonchev–Trinajstić information content (AvgIpc) is 2.19. The maximum Gasteiger partial charge on any atom is 0.322 e. The van der Waals surface area contributed by atoms with E-state index in [-0.39, 0.29) is 0 Å². The van der Waals surface area contributed by atoms with Gasteiger partial charge in [-0.25, -0.2) is 0 Å². The highest BCUT2D eigenvalue weighted by Crippen LogP contribution is 2.18. The van der Waals surface area contributed by atoms with Crippen molar-refractivity contribution in [2.24, 2.45) is 10.7 Å². The lowest BCUT2D eigenvalue weighted by Crippen LogP contribution is -2.01. The van der Waals surface area contributed by atoms with E-state index in [0.29, 0.717) is 5.56 Å². The SMILES string of the molecule is O=NOC(ON=O)c1ccccc1. The fraction of sp³-hybridized carbons (Fsp3) is 0.143. The van der Waals surface area contributed by atoms with Crippen LogP contribution in [0.4, 0.5) is 0 Å². The van der Waals surface area contributed by atoms with Crippen LogP contribution in [0.2, 0.25) is 0 Å². The van der Waals surface area contributed by atoms with Gasteiger partial charge in [0.05, 0.1) is 0 Å². The summed E-state index contributed by atoms with van der Waals surface area (Å²) in [6, 6.07) is 8.39. The monoisotopic (exact) mass is 182 g/mol. The second-order valence-corrected chi connectivity index (χ2v) is 2.10. The summed E-state index contributed by atoms with van der Waals surface area (Å²) in [4.78, 5) is 28.0. The summed E-state index contributed by atoms with van der Waals surface area (Å²) in [5, 5.41) is 4.31. The number of rotatable bonds is 5. The van der Waals surface area contributed by atoms with Crippen molar-refractivity contribution in [3.8, 4) is 0 Å². The Bertz CT molecular complexity index is 267. The van der Waals surface area contributed by atoms with Gasteiger partial charge in [-0.1, -0.05) is 30.3 Å². The van der Waals surface area contributed by atoms with E-state index in [2.05, 4.69) is 20.4 Å². The minimum absolute atomic E-state index is 0.488. The van der Waals surface area contributed by atoms with Gasteiger partial charge in [-0.15, -0.1) is 9.81 Å². The zero-order valence-electron chi connectivity index (χ0n) is 6.49. The van der Waals surface area contributed by atoms with Crippen LogP contribution in [0.5, 0.6) is 0 Å². The molecule has 0 unspecified atom stereocenters. The minimum atomic E-state index is -1.17. The summed E-state index contributed by atoms with van der Waals surface area (Å²) in [5.41, 5.74) is 0.488. The molecule has 0 aromatic heterocycles. The normalized spacial score (nSPS) is 9.31. The molecule has 6 nitrogen and oxygen atoms in total. The van der Waals surface area contributed by atoms with Crippen LogP contribution in [-0.2, 0) is 9.68 Å². The summed E-state index contributed by atoms with van der Waals surface area (Å²) in [6.07, 6.45) is -1.17. The Hall–Kier alpha value is -1.98. The lowest BCUT2D eigenvalue weighted by Gasteiger charge is -2.07. The maximum absolute atomic E-state index is 9.77. The predicted molar refractivity (Wildman–Crippen MR) is 42.9 cm³/mol. The predicted octanol–water partition coefficient (Wildman–Crippen LogP) is 2.08. The Labute approximate surface area is 73.3 Å². The van der Waals surface area contributed by atoms with Crippen LogP contribution in [0.3, 0.4) is 0 Å². The summed E-state index contributed by atoms with van der Waals surface area (Å²) in [5.74, 6) is 0. The van der Waals surface area contributed by atoms with E-state index in [1.165, 1.54) is 0 Å². The Kier molecular flexibility index (Phi) is 3.37. The van der Waals surface area contributed by atoms with Gasteiger partial charge < -0.3 is 9.68 Å². The molecule has 0 aliphatic heterocycles. The largest absolute Gasteiger partial charge is 0.322 e. The summed E-state index contributed by atoms with van der Waals surface area (Å²) >= 11 is 0. The van der Waals surface area contributed by atoms with Crippen molar-refractivity contribution >= 4 is 0 Å². The molecule has 0 aliphatic rings. The van der Waals surface area contributed by atoms with Gasteiger partial charge in [-0.3, -0.25) is 0 Å². The fourth-order valence-corrected chi connectivity index (χ4v) is 0.829. The van der Waals surface area contributed by atoms with Crippen molar-refractivity contribution in [1.82, 2.24) is 0 Å². The molecule has 0 radical (unpaired) electrons. The number of hydrogen-bond donors (Lipinski definition) is 0. The van der Waals surface area contributed by atoms with Crippen LogP contribution < -0.4 is 0 Å². The lowest BCUT2D eigenvalue weighted by molar-refractivity contribution is -0.149. The third-order valence-electron chi connectivity index (χ3n) is 1.35. The molecule has 0 bridgehead atoms. The molecule has 68 valence electrons. The van der Waals surface area contributed by atoms with Gasteiger partial charge in [0.1, 0.15) is 0 Å². The van der Waals surface area contributed by atoms with Gasteiger partial charge in [-0.2, -0.15) is 0 Å². The van der Waals surface area contributed by atoms with E-state index < -0.39 is 6.29 Å². The molecule has 6 heteroatoms. The third kappa shape index (κ3) is 2.51. The van der Waals surface area contributed by atoms with Crippen LogP contribution in [0, 0.1) is 9.81 Å². The second-order valence-electron chi connectivity index (χ2n) is 2.10. The number of hydrogen-bond acceptors (Lipinski definition) is 6. The zero-order valence-corrected chi connectivity index (χ0v) is 6.49. The summed E-state index contributed by atoms with van der Waals surface area (Å²) in [7, 11) is 0. The Morgan fingerprint density at radius 1 is 1.00 bits per heavy atom. The van der Waals surface area contributed by atoms with Crippen LogP contribution in [0.25, 0.3) is 0 Å². The highest BCUT2D eigenvalue weighted by molar-refractivity contribution is 5.15. The second kappa shape index (κ2) is 4.81. The Morgan fingerprint density at radius 2 is 1.54 bits per heavy atom. The average molecular weight is 182 g/mol. The maximum atomic E-state index is 9.77. The highest BCUT2D eigenvalue weighted by Gasteiger charge is 2.14. The minimum Gasteiger partial charge on any atom is -0.311 e. The molecule has 0 fully saturated rings. The zero-order chi connectivity index (χ0) is 9.52. The van der Waals surface area contributed by atoms with Crippen LogP contribution >= 0.6 is 0 Å². The molecule has 1 aromatic rings. The van der Waals surface area contributed by atoms with Gasteiger partial charge in [0.2, 0.25) is 0 Å². The van der Waals surface area contributed by atoms with E-state index in [1.807, 2.05) is 0 Å². The molecule has 0 heterocycles. The first-order valence-corrected chi connectivity index (χ1v) is 3.40. The van der Waals surface area contributed by atoms with Gasteiger partial charge in [-0.05, 0) is 0 Å². The molecule has 0 N–H and O–H groups in total. The highest BCUT2D eigenvalue weighted by atomic mass is 16.9. The quantitative estimate of drug-likeness (QED) is 0.396. The Morgan fingerprint density at radius 3 is 2.00 bits per heavy atom. The summed E-state index contributed by atoms with van der Waals surface area (Å²) in [6.45, 7) is 0. The van der Waals surface area contributed by atoms with Crippen LogP contribution in [-0.4, -0.2) is 0 Å². The van der Waals surface area contributed by atoms with Crippen molar-refractivity contribution in [3.05, 3.63) is 45.7 Å². The lowest BCUT2D eigenvalue weighted by atomic mass is 10.2. The summed E-state index contributed by atoms with van der Waals surface area (Å²) < 4.78 is 0. The molecule has 0 saturated carbocycles. The third-order valence-corrected chi connectivity index (χ3v) is 1.35. The van der Waals surface area contributed by atoms with Crippen molar-refractivity contribution < 1.29 is 9.68 Å².